The first-order chi connectivity index (χ1) is 18.5. The summed E-state index contributed by atoms with van der Waals surface area (Å²) in [7, 11) is 0. The Balaban J connectivity index is 1.26. The molecule has 1 unspecified atom stereocenters. The highest BCUT2D eigenvalue weighted by molar-refractivity contribution is 9.10. The minimum Gasteiger partial charge on any atom is -0.385 e. The molecule has 0 aliphatic carbocycles. The van der Waals surface area contributed by atoms with Gasteiger partial charge in [0.25, 0.3) is 0 Å². The standard InChI is InChI=1S/C29H31BrN6O2S/c1-17-7-8-18(2)23(15-17)31-22-12-9-19(3)24(16-22)38-39(37)35-21-13-10-20(11-14-21)27-32-28-25(30)26(29(4,5)6)33-36(28)34-27/h7-16,31,33,35H,1-6H3. The van der Waals surface area contributed by atoms with E-state index in [1.807, 2.05) is 49.4 Å². The molecule has 0 amide bonds. The Morgan fingerprint density at radius 1 is 0.949 bits per heavy atom. The average Bonchev–Trinajstić information content (AvgIpc) is 3.43. The number of anilines is 3. The largest absolute Gasteiger partial charge is 0.385 e. The molecule has 202 valence electrons. The number of fused-ring (bicyclic) bond motifs is 1. The average molecular weight is 608 g/mol. The smallest absolute Gasteiger partial charge is 0.316 e. The SMILES string of the molecule is Cc1ccc(C)c(Nc2ccc(C)c(OS(=O)Nc3ccc(-c4nc5c(Br)c(C(C)(C)C)[nH]n5n4)cc3)c2)c1. The van der Waals surface area contributed by atoms with Gasteiger partial charge in [-0.2, -0.15) is 8.84 Å². The predicted molar refractivity (Wildman–Crippen MR) is 162 cm³/mol. The van der Waals surface area contributed by atoms with Crippen LogP contribution < -0.4 is 14.2 Å². The van der Waals surface area contributed by atoms with Gasteiger partial charge >= 0.3 is 11.3 Å². The first-order valence-electron chi connectivity index (χ1n) is 12.5. The molecule has 0 saturated carbocycles. The van der Waals surface area contributed by atoms with E-state index in [0.29, 0.717) is 17.3 Å². The molecule has 10 heteroatoms. The van der Waals surface area contributed by atoms with E-state index >= 15 is 0 Å². The lowest BCUT2D eigenvalue weighted by atomic mass is 9.92. The van der Waals surface area contributed by atoms with Crippen LogP contribution >= 0.6 is 15.9 Å². The number of hydrogen-bond donors (Lipinski definition) is 3. The molecular formula is C29H31BrN6O2S. The first-order valence-corrected chi connectivity index (χ1v) is 14.4. The van der Waals surface area contributed by atoms with Crippen molar-refractivity contribution in [2.75, 3.05) is 10.0 Å². The van der Waals surface area contributed by atoms with Crippen molar-refractivity contribution in [2.24, 2.45) is 0 Å². The molecule has 5 rings (SSSR count). The summed E-state index contributed by atoms with van der Waals surface area (Å²) in [6.45, 7) is 12.4. The minimum atomic E-state index is -1.79. The minimum absolute atomic E-state index is 0.0666. The zero-order valence-corrected chi connectivity index (χ0v) is 25.1. The monoisotopic (exact) mass is 606 g/mol. The number of hydrogen-bond acceptors (Lipinski definition) is 5. The zero-order chi connectivity index (χ0) is 27.9. The summed E-state index contributed by atoms with van der Waals surface area (Å²) in [5.41, 5.74) is 8.28. The predicted octanol–water partition coefficient (Wildman–Crippen LogP) is 7.52. The van der Waals surface area contributed by atoms with E-state index in [9.17, 15) is 4.21 Å². The topological polar surface area (TPSA) is 96.3 Å². The molecule has 39 heavy (non-hydrogen) atoms. The molecule has 1 atom stereocenters. The molecule has 8 nitrogen and oxygen atoms in total. The second-order valence-corrected chi connectivity index (χ2v) is 12.3. The van der Waals surface area contributed by atoms with E-state index in [1.165, 1.54) is 5.56 Å². The van der Waals surface area contributed by atoms with Crippen LogP contribution in [-0.2, 0) is 16.7 Å². The van der Waals surface area contributed by atoms with E-state index in [1.54, 1.807) is 4.63 Å². The number of halogens is 1. The number of aryl methyl sites for hydroxylation is 3. The van der Waals surface area contributed by atoms with Gasteiger partial charge < -0.3 is 9.50 Å². The molecule has 2 heterocycles. The second kappa shape index (κ2) is 10.5. The highest BCUT2D eigenvalue weighted by atomic mass is 79.9. The lowest BCUT2D eigenvalue weighted by Gasteiger charge is -2.16. The summed E-state index contributed by atoms with van der Waals surface area (Å²) in [6, 6.07) is 19.5. The Bertz CT molecular complexity index is 1680. The van der Waals surface area contributed by atoms with Crippen molar-refractivity contribution in [1.82, 2.24) is 19.8 Å². The third kappa shape index (κ3) is 5.86. The van der Waals surface area contributed by atoms with Crippen molar-refractivity contribution in [2.45, 2.75) is 47.0 Å². The Kier molecular flexibility index (Phi) is 7.26. The maximum atomic E-state index is 12.8. The maximum absolute atomic E-state index is 12.8. The van der Waals surface area contributed by atoms with Crippen molar-refractivity contribution in [1.29, 1.82) is 0 Å². The number of aromatic amines is 1. The van der Waals surface area contributed by atoms with Crippen LogP contribution in [0.3, 0.4) is 0 Å². The van der Waals surface area contributed by atoms with E-state index < -0.39 is 11.3 Å². The van der Waals surface area contributed by atoms with E-state index in [0.717, 1.165) is 43.9 Å². The van der Waals surface area contributed by atoms with Gasteiger partial charge in [0.1, 0.15) is 5.75 Å². The number of rotatable bonds is 7. The van der Waals surface area contributed by atoms with Gasteiger partial charge in [0.05, 0.1) is 10.2 Å². The van der Waals surface area contributed by atoms with Crippen LogP contribution in [0.5, 0.6) is 5.75 Å². The molecule has 3 aromatic carbocycles. The van der Waals surface area contributed by atoms with Gasteiger partial charge in [0, 0.05) is 34.1 Å². The van der Waals surface area contributed by atoms with Crippen molar-refractivity contribution in [3.8, 4) is 17.1 Å². The van der Waals surface area contributed by atoms with Crippen LogP contribution in [0.2, 0.25) is 0 Å². The summed E-state index contributed by atoms with van der Waals surface area (Å²) >= 11 is 1.86. The Morgan fingerprint density at radius 2 is 1.64 bits per heavy atom. The third-order valence-electron chi connectivity index (χ3n) is 6.36. The maximum Gasteiger partial charge on any atom is 0.316 e. The third-order valence-corrected chi connectivity index (χ3v) is 7.85. The molecule has 0 bridgehead atoms. The molecule has 2 aromatic heterocycles. The van der Waals surface area contributed by atoms with Crippen LogP contribution in [0.4, 0.5) is 17.1 Å². The van der Waals surface area contributed by atoms with Gasteiger partial charge in [0.15, 0.2) is 11.5 Å². The van der Waals surface area contributed by atoms with E-state index in [4.69, 9.17) is 4.18 Å². The van der Waals surface area contributed by atoms with Crippen LogP contribution in [0.25, 0.3) is 17.0 Å². The van der Waals surface area contributed by atoms with Crippen LogP contribution in [0.1, 0.15) is 43.2 Å². The fourth-order valence-corrected chi connectivity index (χ4v) is 5.75. The van der Waals surface area contributed by atoms with Crippen molar-refractivity contribution in [3.63, 3.8) is 0 Å². The van der Waals surface area contributed by atoms with Gasteiger partial charge in [-0.15, -0.1) is 5.10 Å². The second-order valence-electron chi connectivity index (χ2n) is 10.6. The van der Waals surface area contributed by atoms with Crippen LogP contribution in [0, 0.1) is 20.8 Å². The summed E-state index contributed by atoms with van der Waals surface area (Å²) in [4.78, 5) is 4.68. The first kappa shape index (κ1) is 27.0. The number of aromatic nitrogens is 4. The highest BCUT2D eigenvalue weighted by Gasteiger charge is 2.24. The Labute approximate surface area is 239 Å². The van der Waals surface area contributed by atoms with Crippen molar-refractivity contribution in [3.05, 3.63) is 87.5 Å². The summed E-state index contributed by atoms with van der Waals surface area (Å²) in [6.07, 6.45) is 0. The van der Waals surface area contributed by atoms with Gasteiger partial charge in [0.2, 0.25) is 0 Å². The van der Waals surface area contributed by atoms with Gasteiger partial charge in [-0.1, -0.05) is 39.0 Å². The Hall–Kier alpha value is -3.63. The lowest BCUT2D eigenvalue weighted by molar-refractivity contribution is 0.554. The molecule has 0 aliphatic heterocycles. The lowest BCUT2D eigenvalue weighted by Crippen LogP contribution is -2.13. The zero-order valence-electron chi connectivity index (χ0n) is 22.7. The normalized spacial score (nSPS) is 12.5. The number of benzene rings is 3. The van der Waals surface area contributed by atoms with Crippen molar-refractivity contribution < 1.29 is 8.39 Å². The highest BCUT2D eigenvalue weighted by Crippen LogP contribution is 2.32. The molecular weight excluding hydrogens is 576 g/mol. The number of nitrogens with zero attached hydrogens (tertiary/aromatic N) is 3. The fourth-order valence-electron chi connectivity index (χ4n) is 4.10. The molecule has 0 radical (unpaired) electrons. The van der Waals surface area contributed by atoms with Gasteiger partial charge in [-0.25, -0.2) is 4.98 Å². The molecule has 5 aromatic rings. The van der Waals surface area contributed by atoms with E-state index in [-0.39, 0.29) is 5.41 Å². The van der Waals surface area contributed by atoms with Gasteiger partial charge in [-0.3, -0.25) is 9.82 Å². The van der Waals surface area contributed by atoms with Crippen LogP contribution in [0.15, 0.2) is 65.1 Å². The Morgan fingerprint density at radius 3 is 2.33 bits per heavy atom. The molecule has 0 fully saturated rings. The summed E-state index contributed by atoms with van der Waals surface area (Å²) in [5, 5.41) is 11.3. The molecule has 0 spiro atoms. The molecule has 3 N–H and O–H groups in total. The van der Waals surface area contributed by atoms with Crippen LogP contribution in [-0.4, -0.2) is 24.0 Å². The fraction of sp³-hybridized carbons (Fsp3) is 0.241. The van der Waals surface area contributed by atoms with Crippen molar-refractivity contribution >= 4 is 49.9 Å². The number of nitrogens with one attached hydrogen (secondary N) is 3. The quantitative estimate of drug-likeness (QED) is 0.178. The van der Waals surface area contributed by atoms with Gasteiger partial charge in [-0.05, 0) is 89.8 Å². The summed E-state index contributed by atoms with van der Waals surface area (Å²) in [5.74, 6) is 1.13. The molecule has 0 aliphatic rings. The molecule has 0 saturated heterocycles. The summed E-state index contributed by atoms with van der Waals surface area (Å²) < 4.78 is 24.1. The number of H-pyrrole nitrogens is 1. The van der Waals surface area contributed by atoms with E-state index in [2.05, 4.69) is 94.0 Å².